The number of thiazole rings is 1. The highest BCUT2D eigenvalue weighted by atomic mass is 32.1. The van der Waals surface area contributed by atoms with Gasteiger partial charge in [0.15, 0.2) is 0 Å². The smallest absolute Gasteiger partial charge is 0.128 e. The van der Waals surface area contributed by atoms with Gasteiger partial charge in [0.05, 0.1) is 23.0 Å². The highest BCUT2D eigenvalue weighted by Gasteiger charge is 2.13. The molecule has 4 rings (SSSR count). The maximum atomic E-state index is 9.94. The summed E-state index contributed by atoms with van der Waals surface area (Å²) in [6.07, 6.45) is 3.67. The van der Waals surface area contributed by atoms with Crippen LogP contribution in [0.2, 0.25) is 0 Å². The quantitative estimate of drug-likeness (QED) is 0.594. The number of nitrogens with zero attached hydrogens (tertiary/aromatic N) is 3. The van der Waals surface area contributed by atoms with Crippen LogP contribution in [0.4, 0.5) is 0 Å². The second-order valence-electron chi connectivity index (χ2n) is 4.83. The van der Waals surface area contributed by atoms with E-state index in [0.717, 1.165) is 16.1 Å². The van der Waals surface area contributed by atoms with E-state index in [1.165, 1.54) is 23.5 Å². The van der Waals surface area contributed by atoms with Gasteiger partial charge in [0.1, 0.15) is 16.5 Å². The fourth-order valence-corrected chi connectivity index (χ4v) is 3.20. The van der Waals surface area contributed by atoms with Crippen LogP contribution in [0.1, 0.15) is 0 Å². The van der Waals surface area contributed by atoms with Crippen molar-refractivity contribution in [1.82, 2.24) is 14.6 Å². The molecule has 0 amide bonds. The summed E-state index contributed by atoms with van der Waals surface area (Å²) in [4.78, 5) is 4.59. The van der Waals surface area contributed by atoms with Crippen molar-refractivity contribution in [3.05, 3.63) is 54.2 Å². The summed E-state index contributed by atoms with van der Waals surface area (Å²) in [6, 6.07) is 10.4. The van der Waals surface area contributed by atoms with E-state index in [1.807, 2.05) is 29.8 Å². The Labute approximate surface area is 129 Å². The Balaban J connectivity index is 1.81. The van der Waals surface area contributed by atoms with Crippen LogP contribution < -0.4 is 0 Å². The largest absolute Gasteiger partial charge is 0.508 e. The third kappa shape index (κ3) is 2.01. The Morgan fingerprint density at radius 1 is 1.05 bits per heavy atom. The number of benzene rings is 1. The van der Waals surface area contributed by atoms with E-state index in [9.17, 15) is 10.2 Å². The first-order valence-corrected chi connectivity index (χ1v) is 7.51. The first-order chi connectivity index (χ1) is 10.7. The van der Waals surface area contributed by atoms with E-state index in [-0.39, 0.29) is 11.5 Å². The third-order valence-corrected chi connectivity index (χ3v) is 4.29. The number of rotatable bonds is 2. The van der Waals surface area contributed by atoms with Gasteiger partial charge >= 0.3 is 0 Å². The molecule has 0 spiro atoms. The lowest BCUT2D eigenvalue weighted by atomic mass is 10.1. The van der Waals surface area contributed by atoms with Crippen LogP contribution >= 0.6 is 11.3 Å². The third-order valence-electron chi connectivity index (χ3n) is 3.42. The van der Waals surface area contributed by atoms with Gasteiger partial charge in [0, 0.05) is 23.2 Å². The summed E-state index contributed by atoms with van der Waals surface area (Å²) >= 11 is 1.49. The lowest BCUT2D eigenvalue weighted by Crippen LogP contribution is -1.83. The molecular weight excluding hydrogens is 298 g/mol. The number of fused-ring (bicyclic) bond motifs is 1. The summed E-state index contributed by atoms with van der Waals surface area (Å²) < 4.78 is 1.80. The average Bonchev–Trinajstić information content (AvgIpc) is 3.13. The zero-order valence-electron chi connectivity index (χ0n) is 11.3. The van der Waals surface area contributed by atoms with Crippen LogP contribution in [0.25, 0.3) is 27.3 Å². The second-order valence-corrected chi connectivity index (χ2v) is 5.69. The minimum absolute atomic E-state index is 0.0108. The molecule has 0 saturated carbocycles. The zero-order chi connectivity index (χ0) is 15.1. The van der Waals surface area contributed by atoms with Crippen molar-refractivity contribution in [3.63, 3.8) is 0 Å². The molecule has 108 valence electrons. The van der Waals surface area contributed by atoms with Crippen LogP contribution in [0.3, 0.4) is 0 Å². The summed E-state index contributed by atoms with van der Waals surface area (Å²) in [5.41, 5.74) is 3.21. The molecule has 3 aromatic heterocycles. The normalized spacial score (nSPS) is 11.1. The van der Waals surface area contributed by atoms with Crippen molar-refractivity contribution in [1.29, 1.82) is 0 Å². The molecule has 0 bridgehead atoms. The molecule has 0 atom stereocenters. The summed E-state index contributed by atoms with van der Waals surface area (Å²) in [5.74, 6) is 0.0380. The fourth-order valence-electron chi connectivity index (χ4n) is 2.36. The molecule has 0 radical (unpaired) electrons. The highest BCUT2D eigenvalue weighted by Crippen LogP contribution is 2.36. The molecule has 0 aliphatic heterocycles. The van der Waals surface area contributed by atoms with E-state index in [1.54, 1.807) is 16.8 Å². The molecule has 6 heteroatoms. The van der Waals surface area contributed by atoms with E-state index >= 15 is 0 Å². The average molecular weight is 309 g/mol. The van der Waals surface area contributed by atoms with Gasteiger partial charge < -0.3 is 10.2 Å². The predicted molar refractivity (Wildman–Crippen MR) is 85.1 cm³/mol. The van der Waals surface area contributed by atoms with Crippen LogP contribution in [0, 0.1) is 0 Å². The summed E-state index contributed by atoms with van der Waals surface area (Å²) in [6.45, 7) is 0. The van der Waals surface area contributed by atoms with Gasteiger partial charge in [-0.1, -0.05) is 6.07 Å². The minimum atomic E-state index is 0.0108. The Kier molecular flexibility index (Phi) is 2.83. The van der Waals surface area contributed by atoms with Gasteiger partial charge in [-0.2, -0.15) is 5.10 Å². The van der Waals surface area contributed by atoms with Gasteiger partial charge in [-0.05, 0) is 24.3 Å². The van der Waals surface area contributed by atoms with E-state index in [2.05, 4.69) is 10.1 Å². The van der Waals surface area contributed by atoms with Crippen molar-refractivity contribution in [2.24, 2.45) is 0 Å². The van der Waals surface area contributed by atoms with E-state index in [4.69, 9.17) is 0 Å². The molecular formula is C16H11N3O2S. The SMILES string of the molecule is Oc1ccc(-c2csc(-c3cnn4ccccc34)n2)c(O)c1. The second kappa shape index (κ2) is 4.85. The monoisotopic (exact) mass is 309 g/mol. The molecule has 1 aromatic carbocycles. The molecule has 3 heterocycles. The van der Waals surface area contributed by atoms with Gasteiger partial charge in [-0.25, -0.2) is 9.50 Å². The number of hydrogen-bond acceptors (Lipinski definition) is 5. The van der Waals surface area contributed by atoms with Gasteiger partial charge in [-0.3, -0.25) is 0 Å². The van der Waals surface area contributed by atoms with Gasteiger partial charge in [0.25, 0.3) is 0 Å². The van der Waals surface area contributed by atoms with E-state index < -0.39 is 0 Å². The number of phenolic OH excluding ortho intramolecular Hbond substituents is 2. The molecule has 2 N–H and O–H groups in total. The van der Waals surface area contributed by atoms with Crippen LogP contribution in [0.15, 0.2) is 54.2 Å². The first kappa shape index (κ1) is 12.8. The van der Waals surface area contributed by atoms with Crippen LogP contribution in [-0.4, -0.2) is 24.8 Å². The van der Waals surface area contributed by atoms with Crippen molar-refractivity contribution >= 4 is 16.9 Å². The number of aromatic hydroxyl groups is 2. The first-order valence-electron chi connectivity index (χ1n) is 6.63. The Morgan fingerprint density at radius 2 is 1.95 bits per heavy atom. The number of hydrogen-bond donors (Lipinski definition) is 2. The molecule has 4 aromatic rings. The summed E-state index contributed by atoms with van der Waals surface area (Å²) in [5, 5.41) is 26.3. The van der Waals surface area contributed by atoms with Crippen LogP contribution in [-0.2, 0) is 0 Å². The van der Waals surface area contributed by atoms with Crippen molar-refractivity contribution in [2.45, 2.75) is 0 Å². The van der Waals surface area contributed by atoms with Gasteiger partial charge in [0.2, 0.25) is 0 Å². The molecule has 0 aliphatic rings. The molecule has 0 fully saturated rings. The Morgan fingerprint density at radius 3 is 2.82 bits per heavy atom. The molecule has 0 aliphatic carbocycles. The standard InChI is InChI=1S/C16H11N3O2S/c20-10-4-5-11(15(21)7-10)13-9-22-16(18-13)12-8-17-19-6-2-1-3-14(12)19/h1-9,20-21H. The fraction of sp³-hybridized carbons (Fsp3) is 0. The Hall–Kier alpha value is -2.86. The zero-order valence-corrected chi connectivity index (χ0v) is 12.2. The lowest BCUT2D eigenvalue weighted by Gasteiger charge is -2.01. The van der Waals surface area contributed by atoms with Crippen molar-refractivity contribution in [2.75, 3.05) is 0 Å². The van der Waals surface area contributed by atoms with Crippen LogP contribution in [0.5, 0.6) is 11.5 Å². The topological polar surface area (TPSA) is 70.7 Å². The molecule has 0 saturated heterocycles. The van der Waals surface area contributed by atoms with Gasteiger partial charge in [-0.15, -0.1) is 11.3 Å². The molecule has 0 unspecified atom stereocenters. The minimum Gasteiger partial charge on any atom is -0.508 e. The molecule has 5 nitrogen and oxygen atoms in total. The number of pyridine rings is 1. The van der Waals surface area contributed by atoms with Crippen molar-refractivity contribution < 1.29 is 10.2 Å². The maximum Gasteiger partial charge on any atom is 0.128 e. The number of aromatic nitrogens is 3. The highest BCUT2D eigenvalue weighted by molar-refractivity contribution is 7.13. The molecule has 22 heavy (non-hydrogen) atoms. The maximum absolute atomic E-state index is 9.94. The van der Waals surface area contributed by atoms with E-state index in [0.29, 0.717) is 11.3 Å². The number of phenols is 2. The Bertz CT molecular complexity index is 974. The summed E-state index contributed by atoms with van der Waals surface area (Å²) in [7, 11) is 0. The van der Waals surface area contributed by atoms with Crippen molar-refractivity contribution in [3.8, 4) is 33.3 Å². The predicted octanol–water partition coefficient (Wildman–Crippen LogP) is 3.54. The lowest BCUT2D eigenvalue weighted by molar-refractivity contribution is 0.452.